The second-order valence-corrected chi connectivity index (χ2v) is 6.37. The van der Waals surface area contributed by atoms with Crippen LogP contribution in [-0.2, 0) is 16.0 Å². The number of benzene rings is 1. The Bertz CT molecular complexity index is 809. The van der Waals surface area contributed by atoms with Crippen LogP contribution in [0.15, 0.2) is 18.2 Å². The number of anilines is 1. The molecule has 4 rings (SSSR count). The third-order valence-corrected chi connectivity index (χ3v) is 5.13. The zero-order chi connectivity index (χ0) is 17.8. The number of imide groups is 2. The molecule has 0 aromatic heterocycles. The number of hydrogen-bond donors (Lipinski definition) is 3. The summed E-state index contributed by atoms with van der Waals surface area (Å²) in [4.78, 5) is 49.4. The van der Waals surface area contributed by atoms with Crippen molar-refractivity contribution in [1.82, 2.24) is 16.0 Å². The smallest absolute Gasteiger partial charge is 0.328 e. The van der Waals surface area contributed by atoms with Gasteiger partial charge in [-0.3, -0.25) is 30.3 Å². The van der Waals surface area contributed by atoms with Crippen LogP contribution in [0.5, 0.6) is 0 Å². The Morgan fingerprint density at radius 2 is 1.88 bits per heavy atom. The van der Waals surface area contributed by atoms with E-state index in [4.69, 9.17) is 0 Å². The lowest BCUT2D eigenvalue weighted by Crippen LogP contribution is -2.74. The van der Waals surface area contributed by atoms with E-state index in [9.17, 15) is 24.5 Å². The van der Waals surface area contributed by atoms with E-state index in [1.165, 1.54) is 12.1 Å². The van der Waals surface area contributed by atoms with Gasteiger partial charge in [0.05, 0.1) is 11.0 Å². The Morgan fingerprint density at radius 1 is 1.19 bits per heavy atom. The van der Waals surface area contributed by atoms with Crippen molar-refractivity contribution in [3.8, 4) is 0 Å². The number of amides is 4. The molecule has 0 aliphatic carbocycles. The molecule has 3 N–H and O–H groups in total. The first-order valence-corrected chi connectivity index (χ1v) is 7.85. The number of carbonyl (C=O) groups excluding carboxylic acids is 3. The predicted molar refractivity (Wildman–Crippen MR) is 92.2 cm³/mol. The first-order chi connectivity index (χ1) is 11.9. The summed E-state index contributed by atoms with van der Waals surface area (Å²) in [5.41, 5.74) is -0.286. The number of rotatable bonds is 1. The topological polar surface area (TPSA) is 134 Å². The average molecular weight is 382 g/mol. The van der Waals surface area contributed by atoms with Crippen molar-refractivity contribution in [3.05, 3.63) is 33.9 Å². The minimum atomic E-state index is -1.51. The van der Waals surface area contributed by atoms with Crippen LogP contribution in [0, 0.1) is 15.5 Å². The lowest BCUT2D eigenvalue weighted by molar-refractivity contribution is -0.384. The van der Waals surface area contributed by atoms with Gasteiger partial charge in [0.2, 0.25) is 11.8 Å². The van der Waals surface area contributed by atoms with E-state index in [1.54, 1.807) is 6.07 Å². The number of hydrogen-bond acceptors (Lipinski definition) is 7. The quantitative estimate of drug-likeness (QED) is 0.345. The van der Waals surface area contributed by atoms with Gasteiger partial charge in [-0.2, -0.15) is 0 Å². The summed E-state index contributed by atoms with van der Waals surface area (Å²) < 4.78 is 0. The first kappa shape index (κ1) is 18.1. The van der Waals surface area contributed by atoms with Crippen molar-refractivity contribution in [2.45, 2.75) is 12.5 Å². The fourth-order valence-electron chi connectivity index (χ4n) is 3.99. The molecule has 11 heteroatoms. The summed E-state index contributed by atoms with van der Waals surface area (Å²) in [6.07, 6.45) is -0.00218. The van der Waals surface area contributed by atoms with Gasteiger partial charge < -0.3 is 10.2 Å². The summed E-state index contributed by atoms with van der Waals surface area (Å²) >= 11 is 0. The molecule has 3 heterocycles. The highest BCUT2D eigenvalue weighted by Crippen LogP contribution is 2.44. The molecule has 0 saturated carbocycles. The molecule has 3 aliphatic heterocycles. The van der Waals surface area contributed by atoms with E-state index in [0.29, 0.717) is 25.2 Å². The molecule has 1 unspecified atom stereocenters. The zero-order valence-corrected chi connectivity index (χ0v) is 14.3. The number of nitrogens with one attached hydrogen (secondary N) is 3. The van der Waals surface area contributed by atoms with Crippen LogP contribution in [0.1, 0.15) is 5.56 Å². The maximum absolute atomic E-state index is 12.7. The number of urea groups is 1. The Hall–Kier alpha value is -2.72. The van der Waals surface area contributed by atoms with Crippen LogP contribution in [0.2, 0.25) is 0 Å². The third-order valence-electron chi connectivity index (χ3n) is 5.13. The van der Waals surface area contributed by atoms with Crippen molar-refractivity contribution in [1.29, 1.82) is 0 Å². The predicted octanol–water partition coefficient (Wildman–Crippen LogP) is -0.297. The number of nitrogens with zero attached hydrogens (tertiary/aromatic N) is 2. The SMILES string of the molecule is Cl.O=C1NC(=O)C2(Cc3cc([N+](=O)[O-])ccc3N3CCNCC32)C(=O)N1. The molecular formula is C15H16ClN5O5. The molecule has 2 saturated heterocycles. The van der Waals surface area contributed by atoms with Gasteiger partial charge in [0.15, 0.2) is 5.41 Å². The van der Waals surface area contributed by atoms with Crippen LogP contribution in [0.25, 0.3) is 0 Å². The lowest BCUT2D eigenvalue weighted by atomic mass is 9.68. The maximum Gasteiger partial charge on any atom is 0.328 e. The number of carbonyl (C=O) groups is 3. The molecule has 138 valence electrons. The number of barbiturate groups is 1. The van der Waals surface area contributed by atoms with Crippen LogP contribution in [-0.4, -0.2) is 48.4 Å². The van der Waals surface area contributed by atoms with E-state index in [1.807, 2.05) is 4.90 Å². The number of nitro benzene ring substituents is 1. The standard InChI is InChI=1S/C15H15N5O5.ClH/c21-12-15(13(22)18-14(23)17-12)6-8-5-9(20(24)25)1-2-10(8)19-4-3-16-7-11(15)19;/h1-2,5,11,16H,3-4,6-7H2,(H2,17,18,21,22,23);1H. The molecule has 1 aromatic rings. The van der Waals surface area contributed by atoms with Gasteiger partial charge in [-0.15, -0.1) is 12.4 Å². The van der Waals surface area contributed by atoms with E-state index in [0.717, 1.165) is 5.69 Å². The van der Waals surface area contributed by atoms with Gasteiger partial charge in [-0.05, 0) is 11.6 Å². The number of halogens is 1. The van der Waals surface area contributed by atoms with Gasteiger partial charge >= 0.3 is 6.03 Å². The zero-order valence-electron chi connectivity index (χ0n) is 13.5. The summed E-state index contributed by atoms with van der Waals surface area (Å²) in [7, 11) is 0. The molecule has 4 amide bonds. The highest BCUT2D eigenvalue weighted by Gasteiger charge is 2.60. The van der Waals surface area contributed by atoms with Crippen molar-refractivity contribution in [2.24, 2.45) is 5.41 Å². The minimum Gasteiger partial charge on any atom is -0.364 e. The van der Waals surface area contributed by atoms with Crippen molar-refractivity contribution in [2.75, 3.05) is 24.5 Å². The second kappa shape index (κ2) is 6.22. The number of piperazine rings is 1. The fourth-order valence-corrected chi connectivity index (χ4v) is 3.99. The molecule has 1 atom stereocenters. The molecule has 10 nitrogen and oxygen atoms in total. The van der Waals surface area contributed by atoms with Crippen LogP contribution < -0.4 is 20.9 Å². The van der Waals surface area contributed by atoms with Crippen molar-refractivity contribution >= 4 is 41.6 Å². The van der Waals surface area contributed by atoms with E-state index in [-0.39, 0.29) is 24.5 Å². The molecule has 26 heavy (non-hydrogen) atoms. The Labute approximate surface area is 153 Å². The van der Waals surface area contributed by atoms with Gasteiger partial charge in [-0.25, -0.2) is 4.79 Å². The first-order valence-electron chi connectivity index (χ1n) is 7.85. The Balaban J connectivity index is 0.00000196. The summed E-state index contributed by atoms with van der Waals surface area (Å²) in [6.45, 7) is 1.60. The molecule has 3 aliphatic rings. The average Bonchev–Trinajstić information content (AvgIpc) is 2.58. The summed E-state index contributed by atoms with van der Waals surface area (Å²) in [6, 6.07) is 3.14. The normalized spacial score (nSPS) is 23.3. The fraction of sp³-hybridized carbons (Fsp3) is 0.400. The maximum atomic E-state index is 12.7. The summed E-state index contributed by atoms with van der Waals surface area (Å²) in [5, 5.41) is 18.6. The third kappa shape index (κ3) is 2.41. The number of nitro groups is 1. The molecule has 0 radical (unpaired) electrons. The molecule has 2 fully saturated rings. The monoisotopic (exact) mass is 381 g/mol. The highest BCUT2D eigenvalue weighted by atomic mass is 35.5. The molecular weight excluding hydrogens is 366 g/mol. The van der Waals surface area contributed by atoms with Gasteiger partial charge in [0.25, 0.3) is 5.69 Å². The van der Waals surface area contributed by atoms with Gasteiger partial charge in [-0.1, -0.05) is 0 Å². The molecule has 1 spiro atoms. The lowest BCUT2D eigenvalue weighted by Gasteiger charge is -2.52. The van der Waals surface area contributed by atoms with Crippen LogP contribution in [0.4, 0.5) is 16.2 Å². The Kier molecular flexibility index (Phi) is 4.32. The largest absolute Gasteiger partial charge is 0.364 e. The van der Waals surface area contributed by atoms with Crippen LogP contribution >= 0.6 is 12.4 Å². The van der Waals surface area contributed by atoms with E-state index in [2.05, 4.69) is 16.0 Å². The molecule has 1 aromatic carbocycles. The van der Waals surface area contributed by atoms with E-state index < -0.39 is 34.2 Å². The van der Waals surface area contributed by atoms with E-state index >= 15 is 0 Å². The summed E-state index contributed by atoms with van der Waals surface area (Å²) in [5.74, 6) is -1.34. The highest BCUT2D eigenvalue weighted by molar-refractivity contribution is 6.20. The van der Waals surface area contributed by atoms with Gasteiger partial charge in [0.1, 0.15) is 0 Å². The van der Waals surface area contributed by atoms with Gasteiger partial charge in [0, 0.05) is 43.9 Å². The van der Waals surface area contributed by atoms with Crippen LogP contribution in [0.3, 0.4) is 0 Å². The second-order valence-electron chi connectivity index (χ2n) is 6.37. The van der Waals surface area contributed by atoms with Crippen molar-refractivity contribution in [3.63, 3.8) is 0 Å². The minimum absolute atomic E-state index is 0. The Morgan fingerprint density at radius 3 is 2.54 bits per heavy atom. The van der Waals surface area contributed by atoms with Crippen molar-refractivity contribution < 1.29 is 19.3 Å². The number of non-ortho nitro benzene ring substituents is 1. The number of fused-ring (bicyclic) bond motifs is 4. The molecule has 0 bridgehead atoms.